The number of benzene rings is 2. The van der Waals surface area contributed by atoms with Gasteiger partial charge in [-0.3, -0.25) is 62.5 Å². The van der Waals surface area contributed by atoms with Crippen LogP contribution in [-0.2, 0) is 65.9 Å². The number of hydrogen-bond acceptors (Lipinski definition) is 19. The summed E-state index contributed by atoms with van der Waals surface area (Å²) in [6.45, 7) is 3.51. The summed E-state index contributed by atoms with van der Waals surface area (Å²) >= 11 is 0. The van der Waals surface area contributed by atoms with Gasteiger partial charge in [-0.25, -0.2) is 4.79 Å². The summed E-state index contributed by atoms with van der Waals surface area (Å²) in [4.78, 5) is 177. The number of hydrogen-bond donors (Lipinski definition) is 16. The van der Waals surface area contributed by atoms with Crippen LogP contribution in [0.3, 0.4) is 0 Å². The van der Waals surface area contributed by atoms with Crippen LogP contribution in [0.25, 0.3) is 22.3 Å². The second-order valence-corrected chi connectivity index (χ2v) is 21.3. The first-order valence-electron chi connectivity index (χ1n) is 29.0. The van der Waals surface area contributed by atoms with Crippen LogP contribution in [0.2, 0.25) is 0 Å². The Kier molecular flexibility index (Phi) is 29.2. The molecular weight excluding hydrogens is 1160 g/mol. The Balaban J connectivity index is 1.64. The van der Waals surface area contributed by atoms with E-state index in [9.17, 15) is 72.5 Å². The normalized spacial score (nSPS) is 14.2. The molecule has 32 heteroatoms. The van der Waals surface area contributed by atoms with Crippen LogP contribution >= 0.6 is 0 Å². The Hall–Kier alpha value is -9.40. The highest BCUT2D eigenvalue weighted by atomic mass is 16.5. The molecule has 2 aromatic rings. The molecule has 486 valence electrons. The fourth-order valence-corrected chi connectivity index (χ4v) is 8.99. The third kappa shape index (κ3) is 23.3. The Morgan fingerprint density at radius 2 is 1.09 bits per heavy atom. The largest absolute Gasteiger partial charge is 0.489 e. The molecule has 0 fully saturated rings. The van der Waals surface area contributed by atoms with Gasteiger partial charge in [0.25, 0.3) is 5.56 Å². The number of aliphatic hydroxyl groups is 1. The first-order chi connectivity index (χ1) is 42.3. The average molecular weight is 1250 g/mol. The quantitative estimate of drug-likeness (QED) is 0.0148. The van der Waals surface area contributed by atoms with E-state index in [1.165, 1.54) is 20.8 Å². The number of aliphatic carboxylic acids is 1. The van der Waals surface area contributed by atoms with E-state index in [4.69, 9.17) is 33.4 Å². The van der Waals surface area contributed by atoms with E-state index in [0.29, 0.717) is 35.9 Å². The number of ether oxygens (including phenoxy) is 1. The van der Waals surface area contributed by atoms with Gasteiger partial charge in [-0.05, 0) is 127 Å². The molecule has 21 N–H and O–H groups in total. The Morgan fingerprint density at radius 1 is 0.596 bits per heavy atom. The highest BCUT2D eigenvalue weighted by molar-refractivity contribution is 5.99. The zero-order chi connectivity index (χ0) is 65.9. The first-order valence-corrected chi connectivity index (χ1v) is 29.0. The smallest absolute Gasteiger partial charge is 0.349 e. The minimum absolute atomic E-state index is 0.0216. The number of carbonyl (C=O) groups is 11. The minimum atomic E-state index is -1.88. The number of rotatable bonds is 39. The molecule has 89 heavy (non-hydrogen) atoms. The number of carboxylic acid groups (broad SMARTS) is 1. The van der Waals surface area contributed by atoms with Crippen LogP contribution < -0.4 is 87.2 Å². The summed E-state index contributed by atoms with van der Waals surface area (Å²) in [5.41, 5.74) is 27.4. The standard InChI is InChI=1S/C57H82N16O16/c1-30(60)48(79)65-40(20-21-44(61)75)54(85)69-41(27-45(76)77)55(86)67-38(16-8-11-23-59)52(83)64-32(3)49(80)66-39(53(84)70-42(28-74)56(87)68-37(15-7-10-22-58)51(82)63-31(2)46(62)78)17-9-12-24-73-43-26-35(89-29-33-13-5-4-6-14-33)19-18-34(43)25-36-47(73)71-57(88)72-50(36)81/h4-6,13-14,18-19,25-26,30-32,37-42,74H,7-12,15-17,20-24,27-29,58-60H2,1-3H3,(H2,61,75)(H2,62,78)(H,63,82)(H,64,83)(H,65,79)(H,66,80)(H,67,86)(H,68,87)(H,69,85)(H,70,84)(H,76,77)(H,72,81,88)/t30-,31-,32-,37-,38-,39-,40-,41-,42-/m0/s1. The summed E-state index contributed by atoms with van der Waals surface area (Å²) in [5.74, 6) is -10.7. The maximum atomic E-state index is 14.4. The lowest BCUT2D eigenvalue weighted by Gasteiger charge is -2.27. The molecule has 10 amide bonds. The van der Waals surface area contributed by atoms with Crippen molar-refractivity contribution in [3.05, 3.63) is 81.0 Å². The number of aromatic amines is 1. The molecule has 2 aliphatic heterocycles. The Bertz CT molecular complexity index is 3210. The highest BCUT2D eigenvalue weighted by Crippen LogP contribution is 2.28. The number of aryl methyl sites for hydroxylation is 1. The number of H-pyrrole nitrogens is 1. The van der Waals surface area contributed by atoms with Crippen molar-refractivity contribution in [2.75, 3.05) is 19.7 Å². The molecular formula is C57H82N16O16. The lowest BCUT2D eigenvalue weighted by Crippen LogP contribution is -2.60. The van der Waals surface area contributed by atoms with Crippen LogP contribution in [0.5, 0.6) is 5.75 Å². The molecule has 32 nitrogen and oxygen atoms in total. The lowest BCUT2D eigenvalue weighted by atomic mass is 10.0. The number of primary amides is 2. The van der Waals surface area contributed by atoms with E-state index in [1.807, 2.05) is 30.3 Å². The van der Waals surface area contributed by atoms with Crippen LogP contribution in [0.15, 0.2) is 64.2 Å². The number of pyridine rings is 1. The summed E-state index contributed by atoms with van der Waals surface area (Å²) in [6, 6.07) is 2.79. The van der Waals surface area contributed by atoms with Crippen LogP contribution in [0, 0.1) is 0 Å². The highest BCUT2D eigenvalue weighted by Gasteiger charge is 2.35. The van der Waals surface area contributed by atoms with Gasteiger partial charge in [0.05, 0.1) is 30.1 Å². The number of nitrogens with one attached hydrogen (secondary N) is 9. The number of aliphatic hydroxyl groups excluding tert-OH is 1. The predicted octanol–water partition coefficient (Wildman–Crippen LogP) is -4.32. The van der Waals surface area contributed by atoms with Crippen molar-refractivity contribution in [2.45, 2.75) is 165 Å². The van der Waals surface area contributed by atoms with E-state index in [-0.39, 0.29) is 82.6 Å². The molecule has 2 heterocycles. The molecule has 9 atom stereocenters. The van der Waals surface area contributed by atoms with Gasteiger partial charge in [-0.1, -0.05) is 30.3 Å². The summed E-state index contributed by atoms with van der Waals surface area (Å²) < 4.78 is 7.72. The maximum absolute atomic E-state index is 14.4. The van der Waals surface area contributed by atoms with Crippen molar-refractivity contribution < 1.29 is 67.7 Å². The number of carboxylic acids is 1. The zero-order valence-electron chi connectivity index (χ0n) is 49.8. The number of aromatic nitrogens is 3. The summed E-state index contributed by atoms with van der Waals surface area (Å²) in [7, 11) is 0. The molecule has 0 radical (unpaired) electrons. The molecule has 0 bridgehead atoms. The third-order valence-corrected chi connectivity index (χ3v) is 14.0. The van der Waals surface area contributed by atoms with Gasteiger partial charge in [0.15, 0.2) is 5.82 Å². The molecule has 0 aliphatic carbocycles. The molecule has 0 saturated heterocycles. The van der Waals surface area contributed by atoms with Gasteiger partial charge in [0, 0.05) is 19.0 Å². The van der Waals surface area contributed by atoms with Crippen molar-refractivity contribution in [1.29, 1.82) is 0 Å². The van der Waals surface area contributed by atoms with Gasteiger partial charge in [0.2, 0.25) is 59.1 Å². The second kappa shape index (κ2) is 36.0. The van der Waals surface area contributed by atoms with E-state index >= 15 is 0 Å². The topological polar surface area (TPSA) is 532 Å². The molecule has 4 rings (SSSR count). The van der Waals surface area contributed by atoms with Crippen LogP contribution in [0.1, 0.15) is 103 Å². The maximum Gasteiger partial charge on any atom is 0.349 e. The van der Waals surface area contributed by atoms with E-state index in [0.717, 1.165) is 5.56 Å². The first kappa shape index (κ1) is 72.1. The monoisotopic (exact) mass is 1250 g/mol. The van der Waals surface area contributed by atoms with Crippen molar-refractivity contribution in [3.63, 3.8) is 0 Å². The fourth-order valence-electron chi connectivity index (χ4n) is 8.99. The molecule has 0 unspecified atom stereocenters. The van der Waals surface area contributed by atoms with Crippen molar-refractivity contribution in [3.8, 4) is 17.1 Å². The number of carbonyl (C=O) groups excluding carboxylic acids is 10. The number of fused-ring (bicyclic) bond motifs is 2. The van der Waals surface area contributed by atoms with Gasteiger partial charge in [-0.15, -0.1) is 0 Å². The number of amides is 10. The summed E-state index contributed by atoms with van der Waals surface area (Å²) in [5, 5.41) is 40.1. The Labute approximate surface area is 511 Å². The van der Waals surface area contributed by atoms with Gasteiger partial charge in [0.1, 0.15) is 60.7 Å². The molecule has 0 saturated carbocycles. The van der Waals surface area contributed by atoms with Gasteiger partial charge in [-0.2, -0.15) is 4.98 Å². The Morgan fingerprint density at radius 3 is 1.63 bits per heavy atom. The minimum Gasteiger partial charge on any atom is -0.489 e. The average Bonchev–Trinajstić information content (AvgIpc) is 1.42. The van der Waals surface area contributed by atoms with E-state index < -0.39 is 150 Å². The fraction of sp³-hybridized carbons (Fsp3) is 0.509. The van der Waals surface area contributed by atoms with E-state index in [1.54, 1.807) is 28.8 Å². The van der Waals surface area contributed by atoms with Crippen LogP contribution in [-0.4, -0.2) is 164 Å². The summed E-state index contributed by atoms with van der Waals surface area (Å²) in [6.07, 6.45) is -0.561. The molecule has 2 aromatic carbocycles. The van der Waals surface area contributed by atoms with Gasteiger partial charge < -0.3 is 90.7 Å². The van der Waals surface area contributed by atoms with E-state index in [2.05, 4.69) is 52.5 Å². The second-order valence-electron chi connectivity index (χ2n) is 21.3. The molecule has 0 spiro atoms. The molecule has 2 aliphatic rings. The van der Waals surface area contributed by atoms with Crippen molar-refractivity contribution in [2.24, 2.45) is 28.7 Å². The van der Waals surface area contributed by atoms with Crippen molar-refractivity contribution >= 4 is 75.9 Å². The van der Waals surface area contributed by atoms with Crippen molar-refractivity contribution in [1.82, 2.24) is 57.1 Å². The third-order valence-electron chi connectivity index (χ3n) is 14.0. The van der Waals surface area contributed by atoms with Crippen LogP contribution in [0.4, 0.5) is 0 Å². The van der Waals surface area contributed by atoms with Gasteiger partial charge >= 0.3 is 11.7 Å². The SMILES string of the molecule is C[C@H](N)C(=O)N[C@@H](CCC(N)=O)C(=O)N[C@@H](CC(=O)O)C(=O)N[C@@H](CCCCN)C(=O)N[C@@H](C)C(=O)N[C@@H](CCCCn1c2nc(=O)[nH]c(=O)c-2cc2ccc(OCc3ccccc3)cc21)C(=O)N[C@@H](CO)C(=O)N[C@@H](CCCCN)C(=O)N[C@@H](C)C(N)=O. The number of unbranched alkanes of at least 4 members (excludes halogenated alkanes) is 3. The zero-order valence-corrected chi connectivity index (χ0v) is 49.8. The number of nitrogens with zero attached hydrogens (tertiary/aromatic N) is 2. The molecule has 0 aromatic heterocycles. The predicted molar refractivity (Wildman–Crippen MR) is 321 cm³/mol. The lowest BCUT2D eigenvalue weighted by molar-refractivity contribution is -0.141. The number of nitrogens with two attached hydrogens (primary N) is 5.